The maximum absolute atomic E-state index is 12.7. The predicted octanol–water partition coefficient (Wildman–Crippen LogP) is 3.39. The molecule has 2 saturated carbocycles. The largest absolute Gasteiger partial charge is 0.493 e. The minimum atomic E-state index is -0.388. The number of allylic oxidation sites excluding steroid dienone is 2. The van der Waals surface area contributed by atoms with Crippen molar-refractivity contribution in [2.75, 3.05) is 20.8 Å². The summed E-state index contributed by atoms with van der Waals surface area (Å²) in [6.07, 6.45) is 11.8. The topological polar surface area (TPSA) is 76.7 Å². The molecule has 2 bridgehead atoms. The predicted molar refractivity (Wildman–Crippen MR) is 121 cm³/mol. The Balaban J connectivity index is 1.18. The van der Waals surface area contributed by atoms with Gasteiger partial charge in [-0.3, -0.25) is 9.59 Å². The van der Waals surface area contributed by atoms with Crippen LogP contribution in [0.2, 0.25) is 0 Å². The van der Waals surface area contributed by atoms with Crippen LogP contribution in [0.1, 0.15) is 50.5 Å². The maximum Gasteiger partial charge on any atom is 0.220 e. The number of amides is 2. The first-order valence-electron chi connectivity index (χ1n) is 11.9. The quantitative estimate of drug-likeness (QED) is 0.580. The molecule has 3 fully saturated rings. The van der Waals surface area contributed by atoms with E-state index in [1.807, 2.05) is 18.2 Å². The molecule has 3 aliphatic carbocycles. The van der Waals surface area contributed by atoms with E-state index in [1.54, 1.807) is 14.2 Å². The average molecular weight is 439 g/mol. The Morgan fingerprint density at radius 1 is 1.16 bits per heavy atom. The highest BCUT2D eigenvalue weighted by atomic mass is 16.5. The van der Waals surface area contributed by atoms with Gasteiger partial charge in [-0.25, -0.2) is 0 Å². The Morgan fingerprint density at radius 2 is 1.97 bits per heavy atom. The Kier molecular flexibility index (Phi) is 5.42. The van der Waals surface area contributed by atoms with E-state index in [1.165, 1.54) is 19.3 Å². The van der Waals surface area contributed by atoms with Crippen molar-refractivity contribution in [2.45, 2.75) is 56.9 Å². The van der Waals surface area contributed by atoms with Gasteiger partial charge in [0.05, 0.1) is 14.2 Å². The minimum Gasteiger partial charge on any atom is -0.493 e. The summed E-state index contributed by atoms with van der Waals surface area (Å²) in [5.41, 5.74) is 1.24. The minimum absolute atomic E-state index is 0.0642. The highest BCUT2D eigenvalue weighted by Gasteiger charge is 2.62. The third-order valence-corrected chi connectivity index (χ3v) is 8.46. The Morgan fingerprint density at radius 3 is 2.62 bits per heavy atom. The lowest BCUT2D eigenvalue weighted by Gasteiger charge is -2.30. The molecule has 172 valence electrons. The molecule has 4 unspecified atom stereocenters. The second-order valence-corrected chi connectivity index (χ2v) is 10.2. The number of rotatable bonds is 9. The smallest absolute Gasteiger partial charge is 0.220 e. The molecule has 6 nitrogen and oxygen atoms in total. The summed E-state index contributed by atoms with van der Waals surface area (Å²) in [5, 5.41) is 6.38. The van der Waals surface area contributed by atoms with E-state index in [0.717, 1.165) is 24.4 Å². The fraction of sp³-hybridized carbons (Fsp3) is 0.615. The average Bonchev–Trinajstić information content (AvgIpc) is 3.33. The lowest BCUT2D eigenvalue weighted by Crippen LogP contribution is -2.44. The highest BCUT2D eigenvalue weighted by molar-refractivity contribution is 5.80. The SMILES string of the molecule is COc1ccc(CC2(CCC(=O)NCC3CC4C=CC3C43CC3)CCC(=O)N2)cc1OC. The summed E-state index contributed by atoms with van der Waals surface area (Å²) in [6.45, 7) is 0.779. The molecule has 5 rings (SSSR count). The molecule has 1 aliphatic heterocycles. The molecule has 1 heterocycles. The van der Waals surface area contributed by atoms with Crippen LogP contribution in [0, 0.1) is 23.2 Å². The van der Waals surface area contributed by atoms with Gasteiger partial charge in [-0.1, -0.05) is 18.2 Å². The van der Waals surface area contributed by atoms with Gasteiger partial charge in [-0.05, 0) is 79.4 Å². The van der Waals surface area contributed by atoms with Gasteiger partial charge >= 0.3 is 0 Å². The normalized spacial score (nSPS) is 31.1. The van der Waals surface area contributed by atoms with Gasteiger partial charge in [0.15, 0.2) is 11.5 Å². The van der Waals surface area contributed by atoms with Crippen LogP contribution >= 0.6 is 0 Å². The van der Waals surface area contributed by atoms with Crippen LogP contribution in [-0.2, 0) is 16.0 Å². The Bertz CT molecular complexity index is 938. The van der Waals surface area contributed by atoms with E-state index in [9.17, 15) is 9.59 Å². The van der Waals surface area contributed by atoms with E-state index in [2.05, 4.69) is 22.8 Å². The van der Waals surface area contributed by atoms with Gasteiger partial charge in [0.1, 0.15) is 0 Å². The van der Waals surface area contributed by atoms with Crippen molar-refractivity contribution in [2.24, 2.45) is 23.2 Å². The number of nitrogens with one attached hydrogen (secondary N) is 2. The number of ether oxygens (including phenoxy) is 2. The van der Waals surface area contributed by atoms with Crippen LogP contribution in [0.4, 0.5) is 0 Å². The van der Waals surface area contributed by atoms with Crippen LogP contribution < -0.4 is 20.1 Å². The molecule has 32 heavy (non-hydrogen) atoms. The molecule has 2 N–H and O–H groups in total. The number of methoxy groups -OCH3 is 2. The first-order valence-corrected chi connectivity index (χ1v) is 11.9. The monoisotopic (exact) mass is 438 g/mol. The van der Waals surface area contributed by atoms with Crippen molar-refractivity contribution in [3.63, 3.8) is 0 Å². The molecular weight excluding hydrogens is 404 g/mol. The van der Waals surface area contributed by atoms with Crippen molar-refractivity contribution < 1.29 is 19.1 Å². The lowest BCUT2D eigenvalue weighted by molar-refractivity contribution is -0.123. The van der Waals surface area contributed by atoms with E-state index in [-0.39, 0.29) is 17.4 Å². The third-order valence-electron chi connectivity index (χ3n) is 8.46. The number of carbonyl (C=O) groups excluding carboxylic acids is 2. The van der Waals surface area contributed by atoms with Gasteiger partial charge in [-0.2, -0.15) is 0 Å². The molecule has 0 radical (unpaired) electrons. The van der Waals surface area contributed by atoms with Crippen molar-refractivity contribution in [3.05, 3.63) is 35.9 Å². The first-order chi connectivity index (χ1) is 15.5. The molecule has 1 saturated heterocycles. The molecule has 0 aromatic heterocycles. The second-order valence-electron chi connectivity index (χ2n) is 10.2. The lowest BCUT2D eigenvalue weighted by atomic mass is 9.84. The zero-order valence-corrected chi connectivity index (χ0v) is 19.1. The molecular formula is C26H34N2O4. The van der Waals surface area contributed by atoms with Gasteiger partial charge in [0.25, 0.3) is 0 Å². The van der Waals surface area contributed by atoms with Crippen molar-refractivity contribution >= 4 is 11.8 Å². The van der Waals surface area contributed by atoms with Gasteiger partial charge in [0.2, 0.25) is 11.8 Å². The van der Waals surface area contributed by atoms with E-state index in [4.69, 9.17) is 9.47 Å². The Hall–Kier alpha value is -2.50. The van der Waals surface area contributed by atoms with E-state index >= 15 is 0 Å². The molecule has 2 amide bonds. The van der Waals surface area contributed by atoms with Crippen LogP contribution in [0.15, 0.2) is 30.4 Å². The highest BCUT2D eigenvalue weighted by Crippen LogP contribution is 2.69. The van der Waals surface area contributed by atoms with Crippen LogP contribution in [-0.4, -0.2) is 38.1 Å². The number of hydrogen-bond acceptors (Lipinski definition) is 4. The zero-order valence-electron chi connectivity index (χ0n) is 19.1. The summed E-state index contributed by atoms with van der Waals surface area (Å²) in [6, 6.07) is 5.85. The number of benzene rings is 1. The Labute approximate surface area is 190 Å². The van der Waals surface area contributed by atoms with E-state index < -0.39 is 0 Å². The van der Waals surface area contributed by atoms with Gasteiger partial charge in [0, 0.05) is 24.9 Å². The molecule has 4 aliphatic rings. The third kappa shape index (κ3) is 3.78. The first kappa shape index (κ1) is 21.4. The van der Waals surface area contributed by atoms with Crippen molar-refractivity contribution in [1.29, 1.82) is 0 Å². The van der Waals surface area contributed by atoms with E-state index in [0.29, 0.717) is 54.4 Å². The zero-order chi connectivity index (χ0) is 22.3. The van der Waals surface area contributed by atoms with Crippen LogP contribution in [0.3, 0.4) is 0 Å². The summed E-state index contributed by atoms with van der Waals surface area (Å²) < 4.78 is 10.8. The standard InChI is InChI=1S/C26H34N2O4/c1-31-21-6-3-17(13-22(21)32-2)15-25(10-8-24(30)28-25)9-7-23(29)27-16-18-14-19-4-5-20(18)26(19)11-12-26/h3-6,13,18-20H,7-12,14-16H2,1-2H3,(H,27,29)(H,28,30). The van der Waals surface area contributed by atoms with Gasteiger partial charge < -0.3 is 20.1 Å². The fourth-order valence-corrected chi connectivity index (χ4v) is 6.61. The van der Waals surface area contributed by atoms with Crippen LogP contribution in [0.25, 0.3) is 0 Å². The van der Waals surface area contributed by atoms with Crippen LogP contribution in [0.5, 0.6) is 11.5 Å². The summed E-state index contributed by atoms with van der Waals surface area (Å²) >= 11 is 0. The number of carbonyl (C=O) groups is 2. The summed E-state index contributed by atoms with van der Waals surface area (Å²) in [7, 11) is 3.24. The molecule has 4 atom stereocenters. The van der Waals surface area contributed by atoms with Crippen molar-refractivity contribution in [3.8, 4) is 11.5 Å². The summed E-state index contributed by atoms with van der Waals surface area (Å²) in [5.74, 6) is 3.51. The molecule has 1 aromatic carbocycles. The van der Waals surface area contributed by atoms with Crippen molar-refractivity contribution in [1.82, 2.24) is 10.6 Å². The molecule has 6 heteroatoms. The number of hydrogen-bond donors (Lipinski definition) is 2. The van der Waals surface area contributed by atoms with Gasteiger partial charge in [-0.15, -0.1) is 0 Å². The molecule has 1 spiro atoms. The molecule has 1 aromatic rings. The fourth-order valence-electron chi connectivity index (χ4n) is 6.61. The maximum atomic E-state index is 12.7. The second kappa shape index (κ2) is 8.13. The summed E-state index contributed by atoms with van der Waals surface area (Å²) in [4.78, 5) is 24.8.